The van der Waals surface area contributed by atoms with Gasteiger partial charge in [0, 0.05) is 12.1 Å². The van der Waals surface area contributed by atoms with Gasteiger partial charge in [-0.2, -0.15) is 0 Å². The molecule has 0 aliphatic heterocycles. The maximum atomic E-state index is 5.29. The molecule has 0 atom stereocenters. The summed E-state index contributed by atoms with van der Waals surface area (Å²) >= 11 is 0. The quantitative estimate of drug-likeness (QED) is 0.518. The normalized spacial score (nSPS) is 10.3. The van der Waals surface area contributed by atoms with Crippen LogP contribution in [0.3, 0.4) is 0 Å². The fraction of sp³-hybridized carbons (Fsp3) is 0.100. The third-order valence-corrected chi connectivity index (χ3v) is 1.82. The molecule has 0 radical (unpaired) electrons. The zero-order chi connectivity index (χ0) is 7.68. The third kappa shape index (κ3) is 0.984. The Kier molecular flexibility index (Phi) is 1.35. The topological polar surface area (TPSA) is 11.3 Å². The summed E-state index contributed by atoms with van der Waals surface area (Å²) in [6.07, 6.45) is 1.72. The number of para-hydroxylation sites is 1. The van der Waals surface area contributed by atoms with Gasteiger partial charge in [0.1, 0.15) is 0 Å². The third-order valence-electron chi connectivity index (χ3n) is 1.82. The highest BCUT2D eigenvalue weighted by Crippen LogP contribution is 2.16. The van der Waals surface area contributed by atoms with Gasteiger partial charge in [-0.15, -0.1) is 0 Å². The van der Waals surface area contributed by atoms with E-state index in [0.29, 0.717) is 0 Å². The minimum absolute atomic E-state index is 0.951. The molecule has 0 bridgehead atoms. The fourth-order valence-corrected chi connectivity index (χ4v) is 1.19. The molecule has 0 amide bonds. The first kappa shape index (κ1) is 6.35. The molecule has 1 aromatic carbocycles. The molecule has 1 heterocycles. The lowest BCUT2D eigenvalue weighted by Gasteiger charge is -1.89. The number of aryl methyl sites for hydroxylation is 1. The summed E-state index contributed by atoms with van der Waals surface area (Å²) < 4.78 is 5.29. The summed E-state index contributed by atoms with van der Waals surface area (Å²) in [5.41, 5.74) is 2.21. The van der Waals surface area contributed by atoms with Crippen molar-refractivity contribution in [1.29, 1.82) is 0 Å². The van der Waals surface area contributed by atoms with Gasteiger partial charge in [0.05, 0.1) is 5.39 Å². The molecule has 1 nitrogen and oxygen atoms in total. The molecule has 11 heavy (non-hydrogen) atoms. The van der Waals surface area contributed by atoms with E-state index in [1.165, 1.54) is 10.9 Å². The number of rotatable bonds is 0. The monoisotopic (exact) mass is 145 g/mol. The highest BCUT2D eigenvalue weighted by molar-refractivity contribution is 5.79. The van der Waals surface area contributed by atoms with Crippen LogP contribution in [-0.2, 0) is 0 Å². The summed E-state index contributed by atoms with van der Waals surface area (Å²) in [7, 11) is 0. The Morgan fingerprint density at radius 2 is 1.91 bits per heavy atom. The van der Waals surface area contributed by atoms with E-state index in [4.69, 9.17) is 4.42 Å². The van der Waals surface area contributed by atoms with Crippen molar-refractivity contribution < 1.29 is 4.42 Å². The van der Waals surface area contributed by atoms with E-state index in [1.54, 1.807) is 6.26 Å². The van der Waals surface area contributed by atoms with E-state index in [0.717, 1.165) is 5.58 Å². The van der Waals surface area contributed by atoms with Crippen molar-refractivity contribution in [1.82, 2.24) is 0 Å². The van der Waals surface area contributed by atoms with Gasteiger partial charge in [-0.25, -0.2) is 4.42 Å². The lowest BCUT2D eigenvalue weighted by Crippen LogP contribution is -1.75. The molecule has 1 heteroatoms. The molecule has 0 saturated heterocycles. The highest BCUT2D eigenvalue weighted by atomic mass is 16.3. The molecule has 0 N–H and O–H groups in total. The summed E-state index contributed by atoms with van der Waals surface area (Å²) in [6.45, 7) is 2.08. The van der Waals surface area contributed by atoms with Crippen LogP contribution in [0.5, 0.6) is 0 Å². The number of fused-ring (bicyclic) bond motifs is 1. The second kappa shape index (κ2) is 2.35. The Bertz CT molecular complexity index is 374. The van der Waals surface area contributed by atoms with Gasteiger partial charge in [-0.05, 0) is 18.6 Å². The molecule has 54 valence electrons. The van der Waals surface area contributed by atoms with Crippen LogP contribution in [0.25, 0.3) is 11.0 Å². The van der Waals surface area contributed by atoms with Crippen LogP contribution in [0.2, 0.25) is 0 Å². The zero-order valence-corrected chi connectivity index (χ0v) is 6.37. The van der Waals surface area contributed by atoms with Crippen LogP contribution in [0.15, 0.2) is 41.0 Å². The minimum atomic E-state index is 0.951. The summed E-state index contributed by atoms with van der Waals surface area (Å²) in [6, 6.07) is 10.0. The first-order chi connectivity index (χ1) is 5.38. The van der Waals surface area contributed by atoms with Gasteiger partial charge in [0.2, 0.25) is 0 Å². The van der Waals surface area contributed by atoms with Crippen LogP contribution in [0, 0.1) is 6.92 Å². The molecule has 0 aliphatic carbocycles. The second-order valence-corrected chi connectivity index (χ2v) is 2.60. The first-order valence-corrected chi connectivity index (χ1v) is 3.64. The van der Waals surface area contributed by atoms with Crippen molar-refractivity contribution in [2.75, 3.05) is 0 Å². The Morgan fingerprint density at radius 1 is 1.09 bits per heavy atom. The Morgan fingerprint density at radius 3 is 2.73 bits per heavy atom. The first-order valence-electron chi connectivity index (χ1n) is 3.64. The lowest BCUT2D eigenvalue weighted by molar-refractivity contribution is 0.603. The van der Waals surface area contributed by atoms with E-state index in [1.807, 2.05) is 24.3 Å². The standard InChI is InChI=1S/C10H9O/c1-8-6-7-11-10-5-3-2-4-9(8)10/h2-7H,1H3/q+1. The van der Waals surface area contributed by atoms with Crippen LogP contribution in [-0.4, -0.2) is 0 Å². The van der Waals surface area contributed by atoms with Crippen molar-refractivity contribution >= 4 is 11.0 Å². The lowest BCUT2D eigenvalue weighted by atomic mass is 10.1. The van der Waals surface area contributed by atoms with Crippen molar-refractivity contribution in [2.45, 2.75) is 6.92 Å². The largest absolute Gasteiger partial charge is 0.360 e. The number of benzene rings is 1. The van der Waals surface area contributed by atoms with Crippen molar-refractivity contribution in [3.05, 3.63) is 42.2 Å². The van der Waals surface area contributed by atoms with Crippen LogP contribution >= 0.6 is 0 Å². The maximum Gasteiger partial charge on any atom is 0.360 e. The van der Waals surface area contributed by atoms with Gasteiger partial charge >= 0.3 is 11.8 Å². The molecule has 1 aromatic heterocycles. The van der Waals surface area contributed by atoms with E-state index < -0.39 is 0 Å². The van der Waals surface area contributed by atoms with Crippen LogP contribution in [0.1, 0.15) is 5.56 Å². The molecule has 2 aromatic rings. The van der Waals surface area contributed by atoms with Gasteiger partial charge in [0.25, 0.3) is 0 Å². The summed E-state index contributed by atoms with van der Waals surface area (Å²) in [4.78, 5) is 0. The Hall–Kier alpha value is -1.37. The molecule has 0 fully saturated rings. The minimum Gasteiger partial charge on any atom is -0.216 e. The zero-order valence-electron chi connectivity index (χ0n) is 6.37. The van der Waals surface area contributed by atoms with Gasteiger partial charge in [-0.3, -0.25) is 0 Å². The molecule has 0 saturated carbocycles. The predicted molar refractivity (Wildman–Crippen MR) is 45.4 cm³/mol. The van der Waals surface area contributed by atoms with E-state index in [9.17, 15) is 0 Å². The van der Waals surface area contributed by atoms with E-state index in [2.05, 4.69) is 13.0 Å². The van der Waals surface area contributed by atoms with Crippen LogP contribution < -0.4 is 0 Å². The SMILES string of the molecule is Cc1cc[o+]c2ccccc12. The molecular formula is C10H9O+. The van der Waals surface area contributed by atoms with Crippen molar-refractivity contribution in [3.8, 4) is 0 Å². The van der Waals surface area contributed by atoms with E-state index >= 15 is 0 Å². The van der Waals surface area contributed by atoms with Gasteiger partial charge in [-0.1, -0.05) is 12.1 Å². The molecule has 0 spiro atoms. The van der Waals surface area contributed by atoms with Gasteiger partial charge < -0.3 is 0 Å². The average Bonchev–Trinajstić information content (AvgIpc) is 2.06. The molecule has 2 rings (SSSR count). The molecule has 0 unspecified atom stereocenters. The van der Waals surface area contributed by atoms with E-state index in [-0.39, 0.29) is 0 Å². The molecule has 0 aliphatic rings. The Balaban J connectivity index is 2.91. The fourth-order valence-electron chi connectivity index (χ4n) is 1.19. The smallest absolute Gasteiger partial charge is 0.216 e. The van der Waals surface area contributed by atoms with Crippen molar-refractivity contribution in [3.63, 3.8) is 0 Å². The number of hydrogen-bond donors (Lipinski definition) is 0. The highest BCUT2D eigenvalue weighted by Gasteiger charge is 2.04. The average molecular weight is 145 g/mol. The molecular weight excluding hydrogens is 136 g/mol. The maximum absolute atomic E-state index is 5.29. The second-order valence-electron chi connectivity index (χ2n) is 2.60. The number of hydrogen-bond acceptors (Lipinski definition) is 0. The van der Waals surface area contributed by atoms with Crippen molar-refractivity contribution in [2.24, 2.45) is 0 Å². The van der Waals surface area contributed by atoms with Crippen LogP contribution in [0.4, 0.5) is 0 Å². The predicted octanol–water partition coefficient (Wildman–Crippen LogP) is 3.02. The summed E-state index contributed by atoms with van der Waals surface area (Å²) in [5.74, 6) is 0. The summed E-state index contributed by atoms with van der Waals surface area (Å²) in [5, 5.41) is 1.19. The Labute approximate surface area is 65.3 Å². The van der Waals surface area contributed by atoms with Gasteiger partial charge in [0.15, 0.2) is 0 Å².